The zero-order chi connectivity index (χ0) is 18.3. The molecular weight excluding hydrogens is 356 g/mol. The first-order chi connectivity index (χ1) is 12.6. The molecule has 2 aromatic heterocycles. The van der Waals surface area contributed by atoms with E-state index in [0.717, 1.165) is 32.0 Å². The molecule has 8 heteroatoms. The van der Waals surface area contributed by atoms with E-state index in [0.29, 0.717) is 35.5 Å². The predicted molar refractivity (Wildman–Crippen MR) is 96.4 cm³/mol. The summed E-state index contributed by atoms with van der Waals surface area (Å²) in [6.07, 6.45) is 5.03. The highest BCUT2D eigenvalue weighted by Gasteiger charge is 2.48. The van der Waals surface area contributed by atoms with Gasteiger partial charge in [0, 0.05) is 6.04 Å². The summed E-state index contributed by atoms with van der Waals surface area (Å²) in [4.78, 5) is 28.1. The average molecular weight is 377 g/mol. The van der Waals surface area contributed by atoms with E-state index < -0.39 is 0 Å². The number of hydrogen-bond donors (Lipinski definition) is 1. The summed E-state index contributed by atoms with van der Waals surface area (Å²) in [6.45, 7) is 2.21. The number of aromatic nitrogens is 3. The van der Waals surface area contributed by atoms with Crippen LogP contribution < -0.4 is 5.32 Å². The van der Waals surface area contributed by atoms with Gasteiger partial charge in [0.15, 0.2) is 12.1 Å². The van der Waals surface area contributed by atoms with Gasteiger partial charge in [-0.25, -0.2) is 4.52 Å². The highest BCUT2D eigenvalue weighted by atomic mass is 35.5. The smallest absolute Gasteiger partial charge is 0.311 e. The highest BCUT2D eigenvalue weighted by molar-refractivity contribution is 6.28. The van der Waals surface area contributed by atoms with Crippen molar-refractivity contribution in [2.45, 2.75) is 38.6 Å². The van der Waals surface area contributed by atoms with Crippen LogP contribution in [-0.4, -0.2) is 39.5 Å². The van der Waals surface area contributed by atoms with Crippen LogP contribution in [0.3, 0.4) is 0 Å². The van der Waals surface area contributed by atoms with Gasteiger partial charge in [-0.3, -0.25) is 9.59 Å². The Balaban J connectivity index is 1.71. The number of nitrogens with zero attached hydrogens (tertiary/aromatic N) is 3. The highest BCUT2D eigenvalue weighted by Crippen LogP contribution is 2.46. The van der Waals surface area contributed by atoms with Crippen LogP contribution in [0.1, 0.15) is 43.1 Å². The first-order valence-electron chi connectivity index (χ1n) is 9.06. The molecule has 0 amide bonds. The topological polar surface area (TPSA) is 85.6 Å². The Bertz CT molecular complexity index is 844. The summed E-state index contributed by atoms with van der Waals surface area (Å²) in [6, 6.07) is 3.41. The van der Waals surface area contributed by atoms with Gasteiger partial charge in [0.25, 0.3) is 0 Å². The van der Waals surface area contributed by atoms with Crippen LogP contribution in [0.2, 0.25) is 5.28 Å². The molecule has 2 unspecified atom stereocenters. The second-order valence-corrected chi connectivity index (χ2v) is 7.36. The van der Waals surface area contributed by atoms with E-state index in [2.05, 4.69) is 15.4 Å². The van der Waals surface area contributed by atoms with Gasteiger partial charge in [0.05, 0.1) is 12.5 Å². The third-order valence-corrected chi connectivity index (χ3v) is 5.88. The molecule has 0 aromatic carbocycles. The Morgan fingerprint density at radius 3 is 2.77 bits per heavy atom. The maximum atomic E-state index is 12.6. The van der Waals surface area contributed by atoms with Crippen LogP contribution in [0.25, 0.3) is 5.52 Å². The molecule has 2 heterocycles. The minimum absolute atomic E-state index is 0.0490. The van der Waals surface area contributed by atoms with Crippen molar-refractivity contribution < 1.29 is 14.3 Å². The number of aldehydes is 1. The SMILES string of the molecule is CCOC(=O)C1C2CCC(CC2)C1Nc1nc(Cl)nn2c(C=O)ccc12. The van der Waals surface area contributed by atoms with Crippen molar-refractivity contribution in [2.75, 3.05) is 11.9 Å². The van der Waals surface area contributed by atoms with Crippen molar-refractivity contribution in [3.8, 4) is 0 Å². The van der Waals surface area contributed by atoms with Crippen molar-refractivity contribution in [3.63, 3.8) is 0 Å². The summed E-state index contributed by atoms with van der Waals surface area (Å²) < 4.78 is 6.82. The molecule has 2 bridgehead atoms. The van der Waals surface area contributed by atoms with Crippen LogP contribution >= 0.6 is 11.6 Å². The minimum atomic E-state index is -0.184. The first-order valence-corrected chi connectivity index (χ1v) is 9.43. The maximum Gasteiger partial charge on any atom is 0.311 e. The molecule has 0 saturated heterocycles. The van der Waals surface area contributed by atoms with Crippen LogP contribution in [0.15, 0.2) is 12.1 Å². The zero-order valence-electron chi connectivity index (χ0n) is 14.5. The Morgan fingerprint density at radius 2 is 2.08 bits per heavy atom. The second-order valence-electron chi connectivity index (χ2n) is 7.03. The number of carbonyl (C=O) groups excluding carboxylic acids is 2. The lowest BCUT2D eigenvalue weighted by Crippen LogP contribution is -2.52. The number of ether oxygens (including phenoxy) is 1. The third kappa shape index (κ3) is 2.84. The van der Waals surface area contributed by atoms with E-state index in [9.17, 15) is 9.59 Å². The molecule has 5 rings (SSSR count). The molecule has 3 fully saturated rings. The predicted octanol–water partition coefficient (Wildman–Crippen LogP) is 2.98. The lowest BCUT2D eigenvalue weighted by molar-refractivity contribution is -0.154. The Hall–Kier alpha value is -2.15. The lowest BCUT2D eigenvalue weighted by Gasteiger charge is -2.47. The maximum absolute atomic E-state index is 12.6. The van der Waals surface area contributed by atoms with Gasteiger partial charge >= 0.3 is 5.97 Å². The monoisotopic (exact) mass is 376 g/mol. The molecule has 138 valence electrons. The van der Waals surface area contributed by atoms with E-state index in [-0.39, 0.29) is 23.2 Å². The molecule has 3 aliphatic carbocycles. The summed E-state index contributed by atoms with van der Waals surface area (Å²) in [7, 11) is 0. The number of rotatable bonds is 5. The molecule has 1 N–H and O–H groups in total. The summed E-state index contributed by atoms with van der Waals surface area (Å²) >= 11 is 6.06. The second kappa shape index (κ2) is 6.87. The third-order valence-electron chi connectivity index (χ3n) is 5.72. The van der Waals surface area contributed by atoms with Gasteiger partial charge < -0.3 is 10.1 Å². The van der Waals surface area contributed by atoms with Gasteiger partial charge in [-0.15, -0.1) is 5.10 Å². The number of carbonyl (C=O) groups is 2. The fraction of sp³-hybridized carbons (Fsp3) is 0.556. The molecule has 0 aliphatic heterocycles. The van der Waals surface area contributed by atoms with Gasteiger partial charge in [-0.1, -0.05) is 0 Å². The van der Waals surface area contributed by atoms with E-state index in [1.165, 1.54) is 4.52 Å². The largest absolute Gasteiger partial charge is 0.466 e. The average Bonchev–Trinajstić information content (AvgIpc) is 3.05. The van der Waals surface area contributed by atoms with E-state index in [4.69, 9.17) is 16.3 Å². The standard InChI is InChI=1S/C18H21ClN4O3/c1-2-26-17(25)14-10-3-5-11(6-4-10)15(14)20-16-13-8-7-12(9-24)23(13)22-18(19)21-16/h7-11,14-15H,2-6H2,1H3,(H,20,21,22). The fourth-order valence-electron chi connectivity index (χ4n) is 4.58. The van der Waals surface area contributed by atoms with Crippen molar-refractivity contribution in [2.24, 2.45) is 17.8 Å². The normalized spacial score (nSPS) is 27.5. The molecule has 3 saturated carbocycles. The summed E-state index contributed by atoms with van der Waals surface area (Å²) in [5, 5.41) is 7.60. The summed E-state index contributed by atoms with van der Waals surface area (Å²) in [5.41, 5.74) is 1.07. The number of hydrogen-bond acceptors (Lipinski definition) is 6. The van der Waals surface area contributed by atoms with Crippen LogP contribution in [-0.2, 0) is 9.53 Å². The molecular formula is C18H21ClN4O3. The number of nitrogens with one attached hydrogen (secondary N) is 1. The van der Waals surface area contributed by atoms with E-state index >= 15 is 0 Å². The Morgan fingerprint density at radius 1 is 1.35 bits per heavy atom. The number of anilines is 1. The Kier molecular flexibility index (Phi) is 4.56. The van der Waals surface area contributed by atoms with Crippen LogP contribution in [0.4, 0.5) is 5.82 Å². The molecule has 26 heavy (non-hydrogen) atoms. The van der Waals surface area contributed by atoms with Gasteiger partial charge in [0.1, 0.15) is 11.2 Å². The summed E-state index contributed by atoms with van der Waals surface area (Å²) in [5.74, 6) is 0.951. The van der Waals surface area contributed by atoms with Gasteiger partial charge in [-0.05, 0) is 68.2 Å². The van der Waals surface area contributed by atoms with Gasteiger partial charge in [-0.2, -0.15) is 4.98 Å². The fourth-order valence-corrected chi connectivity index (χ4v) is 4.74. The van der Waals surface area contributed by atoms with Gasteiger partial charge in [0.2, 0.25) is 5.28 Å². The molecule has 0 radical (unpaired) electrons. The number of esters is 1. The number of halogens is 1. The molecule has 3 aliphatic rings. The van der Waals surface area contributed by atoms with Crippen molar-refractivity contribution in [1.29, 1.82) is 0 Å². The number of fused-ring (bicyclic) bond motifs is 4. The molecule has 7 nitrogen and oxygen atoms in total. The minimum Gasteiger partial charge on any atom is -0.466 e. The lowest BCUT2D eigenvalue weighted by atomic mass is 9.61. The van der Waals surface area contributed by atoms with E-state index in [1.54, 1.807) is 12.1 Å². The zero-order valence-corrected chi connectivity index (χ0v) is 15.3. The molecule has 2 atom stereocenters. The van der Waals surface area contributed by atoms with Crippen molar-refractivity contribution in [1.82, 2.24) is 14.6 Å². The molecule has 2 aromatic rings. The quantitative estimate of drug-likeness (QED) is 0.637. The Labute approximate surface area is 156 Å². The van der Waals surface area contributed by atoms with Crippen LogP contribution in [0.5, 0.6) is 0 Å². The van der Waals surface area contributed by atoms with Crippen LogP contribution in [0, 0.1) is 17.8 Å². The first kappa shape index (κ1) is 17.3. The van der Waals surface area contributed by atoms with Crippen molar-refractivity contribution >= 4 is 35.2 Å². The van der Waals surface area contributed by atoms with E-state index in [1.807, 2.05) is 6.92 Å². The van der Waals surface area contributed by atoms with Crippen molar-refractivity contribution in [3.05, 3.63) is 23.1 Å². The molecule has 0 spiro atoms.